The van der Waals surface area contributed by atoms with Crippen molar-refractivity contribution in [1.29, 1.82) is 0 Å². The van der Waals surface area contributed by atoms with Crippen LogP contribution in [-0.4, -0.2) is 72.7 Å². The highest BCUT2D eigenvalue weighted by Gasteiger charge is 2.33. The number of amides is 1. The maximum Gasteiger partial charge on any atom is 0.317 e. The summed E-state index contributed by atoms with van der Waals surface area (Å²) in [5.74, 6) is 0.0740. The Morgan fingerprint density at radius 2 is 1.89 bits per heavy atom. The van der Waals surface area contributed by atoms with Crippen LogP contribution in [-0.2, 0) is 14.3 Å². The van der Waals surface area contributed by atoms with E-state index in [0.29, 0.717) is 32.2 Å². The Hall–Kier alpha value is -1.92. The lowest BCUT2D eigenvalue weighted by Gasteiger charge is -2.38. The first kappa shape index (κ1) is 19.8. The molecule has 148 valence electrons. The Kier molecular flexibility index (Phi) is 6.85. The van der Waals surface area contributed by atoms with Crippen molar-refractivity contribution in [3.8, 4) is 0 Å². The molecule has 1 aliphatic heterocycles. The second kappa shape index (κ2) is 9.33. The minimum absolute atomic E-state index is 0.0166. The van der Waals surface area contributed by atoms with Crippen LogP contribution in [0.25, 0.3) is 0 Å². The first-order valence-corrected chi connectivity index (χ1v) is 9.88. The van der Waals surface area contributed by atoms with Crippen molar-refractivity contribution in [2.24, 2.45) is 5.92 Å². The van der Waals surface area contributed by atoms with Crippen LogP contribution in [0.15, 0.2) is 30.3 Å². The molecule has 1 atom stereocenters. The number of nitrogens with zero attached hydrogens (tertiary/aromatic N) is 2. The highest BCUT2D eigenvalue weighted by molar-refractivity contribution is 5.79. The van der Waals surface area contributed by atoms with Crippen molar-refractivity contribution < 1.29 is 19.4 Å². The Morgan fingerprint density at radius 1 is 1.19 bits per heavy atom. The summed E-state index contributed by atoms with van der Waals surface area (Å²) in [6.45, 7) is 2.23. The number of likely N-dealkylation sites (N-methyl/N-ethyl adjacent to an activating group) is 1. The third-order valence-electron chi connectivity index (χ3n) is 5.72. The number of rotatable bonds is 6. The van der Waals surface area contributed by atoms with E-state index in [1.165, 1.54) is 5.56 Å². The average Bonchev–Trinajstić information content (AvgIpc) is 2.68. The molecule has 1 heterocycles. The second-order valence-corrected chi connectivity index (χ2v) is 7.83. The highest BCUT2D eigenvalue weighted by atomic mass is 16.5. The van der Waals surface area contributed by atoms with Crippen LogP contribution in [0.2, 0.25) is 0 Å². The summed E-state index contributed by atoms with van der Waals surface area (Å²) in [5.41, 5.74) is 1.39. The van der Waals surface area contributed by atoms with Crippen molar-refractivity contribution in [2.45, 2.75) is 37.7 Å². The molecule has 2 aliphatic rings. The molecule has 1 aromatic carbocycles. The molecule has 6 heteroatoms. The van der Waals surface area contributed by atoms with Crippen LogP contribution in [0.1, 0.15) is 37.2 Å². The molecule has 1 aliphatic carbocycles. The van der Waals surface area contributed by atoms with Crippen LogP contribution in [0.4, 0.5) is 0 Å². The van der Waals surface area contributed by atoms with Crippen molar-refractivity contribution >= 4 is 11.9 Å². The summed E-state index contributed by atoms with van der Waals surface area (Å²) in [4.78, 5) is 27.4. The molecule has 1 aromatic rings. The van der Waals surface area contributed by atoms with Crippen LogP contribution in [0, 0.1) is 5.92 Å². The zero-order chi connectivity index (χ0) is 19.2. The van der Waals surface area contributed by atoms with E-state index in [0.717, 1.165) is 25.7 Å². The van der Waals surface area contributed by atoms with Gasteiger partial charge in [-0.3, -0.25) is 14.5 Å². The predicted octanol–water partition coefficient (Wildman–Crippen LogP) is 2.20. The molecule has 1 unspecified atom stereocenters. The lowest BCUT2D eigenvalue weighted by molar-refractivity contribution is -0.146. The molecule has 1 saturated carbocycles. The monoisotopic (exact) mass is 374 g/mol. The molecule has 0 radical (unpaired) electrons. The fourth-order valence-corrected chi connectivity index (χ4v) is 4.33. The number of carboxylic acids is 1. The van der Waals surface area contributed by atoms with Gasteiger partial charge in [0.1, 0.15) is 0 Å². The van der Waals surface area contributed by atoms with Crippen molar-refractivity contribution in [1.82, 2.24) is 9.80 Å². The maximum atomic E-state index is 13.0. The van der Waals surface area contributed by atoms with Crippen LogP contribution in [0.5, 0.6) is 0 Å². The zero-order valence-corrected chi connectivity index (χ0v) is 16.0. The molecule has 27 heavy (non-hydrogen) atoms. The van der Waals surface area contributed by atoms with E-state index in [4.69, 9.17) is 9.84 Å². The highest BCUT2D eigenvalue weighted by Crippen LogP contribution is 2.36. The van der Waals surface area contributed by atoms with E-state index in [2.05, 4.69) is 24.3 Å². The number of aliphatic carboxylic acids is 1. The smallest absolute Gasteiger partial charge is 0.317 e. The molecule has 0 spiro atoms. The number of carbonyl (C=O) groups excluding carboxylic acids is 1. The largest absolute Gasteiger partial charge is 0.480 e. The van der Waals surface area contributed by atoms with Gasteiger partial charge in [0.15, 0.2) is 0 Å². The molecule has 2 fully saturated rings. The fourth-order valence-electron chi connectivity index (χ4n) is 4.33. The summed E-state index contributed by atoms with van der Waals surface area (Å²) in [5, 5.41) is 8.88. The first-order chi connectivity index (χ1) is 13.0. The van der Waals surface area contributed by atoms with Gasteiger partial charge in [-0.1, -0.05) is 30.3 Å². The quantitative estimate of drug-likeness (QED) is 0.827. The van der Waals surface area contributed by atoms with Crippen molar-refractivity contribution in [3.63, 3.8) is 0 Å². The lowest BCUT2D eigenvalue weighted by atomic mass is 9.78. The Bertz CT molecular complexity index is 628. The number of hydrogen-bond donors (Lipinski definition) is 1. The number of hydrogen-bond acceptors (Lipinski definition) is 4. The van der Waals surface area contributed by atoms with E-state index in [-0.39, 0.29) is 24.5 Å². The molecule has 1 N–H and O–H groups in total. The van der Waals surface area contributed by atoms with Crippen LogP contribution in [0.3, 0.4) is 0 Å². The Morgan fingerprint density at radius 3 is 2.56 bits per heavy atom. The fraction of sp³-hybridized carbons (Fsp3) is 0.619. The van der Waals surface area contributed by atoms with Gasteiger partial charge >= 0.3 is 5.97 Å². The second-order valence-electron chi connectivity index (χ2n) is 7.83. The van der Waals surface area contributed by atoms with Gasteiger partial charge in [-0.15, -0.1) is 0 Å². The van der Waals surface area contributed by atoms with Gasteiger partial charge < -0.3 is 14.7 Å². The van der Waals surface area contributed by atoms with E-state index in [1.54, 1.807) is 11.9 Å². The van der Waals surface area contributed by atoms with E-state index in [1.807, 2.05) is 11.0 Å². The number of morpholine rings is 1. The standard InChI is InChI=1S/C21H30N2O4/c1-22(15-20(24)25)13-19-14-23(11-12-27-19)21(26)18-9-7-17(8-10-18)16-5-3-2-4-6-16/h2-6,17-19H,7-15H2,1H3,(H,24,25). The third kappa shape index (κ3) is 5.53. The average molecular weight is 374 g/mol. The zero-order valence-electron chi connectivity index (χ0n) is 16.0. The van der Waals surface area contributed by atoms with Crippen molar-refractivity contribution in [2.75, 3.05) is 39.8 Å². The van der Waals surface area contributed by atoms with E-state index >= 15 is 0 Å². The summed E-state index contributed by atoms with van der Waals surface area (Å²) in [6, 6.07) is 10.6. The number of ether oxygens (including phenoxy) is 1. The normalized spacial score (nSPS) is 26.1. The number of carboxylic acid groups (broad SMARTS) is 1. The Labute approximate surface area is 161 Å². The predicted molar refractivity (Wildman–Crippen MR) is 103 cm³/mol. The first-order valence-electron chi connectivity index (χ1n) is 9.88. The van der Waals surface area contributed by atoms with Gasteiger partial charge in [0.05, 0.1) is 19.3 Å². The topological polar surface area (TPSA) is 70.1 Å². The summed E-state index contributed by atoms with van der Waals surface area (Å²) in [6.07, 6.45) is 3.90. The minimum atomic E-state index is -0.851. The summed E-state index contributed by atoms with van der Waals surface area (Å²) < 4.78 is 5.74. The SMILES string of the molecule is CN(CC(=O)O)CC1CN(C(=O)C2CCC(c3ccccc3)CC2)CCO1. The van der Waals surface area contributed by atoms with Crippen LogP contribution < -0.4 is 0 Å². The summed E-state index contributed by atoms with van der Waals surface area (Å²) >= 11 is 0. The lowest BCUT2D eigenvalue weighted by Crippen LogP contribution is -2.51. The number of benzene rings is 1. The molecule has 1 saturated heterocycles. The van der Waals surface area contributed by atoms with Crippen LogP contribution >= 0.6 is 0 Å². The van der Waals surface area contributed by atoms with Gasteiger partial charge in [0, 0.05) is 25.6 Å². The summed E-state index contributed by atoms with van der Waals surface area (Å²) in [7, 11) is 1.77. The molecular formula is C21H30N2O4. The third-order valence-corrected chi connectivity index (χ3v) is 5.72. The molecular weight excluding hydrogens is 344 g/mol. The van der Waals surface area contributed by atoms with Gasteiger partial charge in [-0.25, -0.2) is 0 Å². The van der Waals surface area contributed by atoms with E-state index in [9.17, 15) is 9.59 Å². The molecule has 0 aromatic heterocycles. The van der Waals surface area contributed by atoms with Gasteiger partial charge in [-0.2, -0.15) is 0 Å². The molecule has 0 bridgehead atoms. The van der Waals surface area contributed by atoms with Crippen molar-refractivity contribution in [3.05, 3.63) is 35.9 Å². The minimum Gasteiger partial charge on any atom is -0.480 e. The number of carbonyl (C=O) groups is 2. The Balaban J connectivity index is 1.48. The molecule has 1 amide bonds. The molecule has 6 nitrogen and oxygen atoms in total. The van der Waals surface area contributed by atoms with Gasteiger partial charge in [0.2, 0.25) is 5.91 Å². The van der Waals surface area contributed by atoms with E-state index < -0.39 is 5.97 Å². The van der Waals surface area contributed by atoms with Gasteiger partial charge in [0.25, 0.3) is 0 Å². The maximum absolute atomic E-state index is 13.0. The van der Waals surface area contributed by atoms with Gasteiger partial charge in [-0.05, 0) is 44.2 Å². The molecule has 3 rings (SSSR count).